The van der Waals surface area contributed by atoms with Crippen molar-refractivity contribution in [3.05, 3.63) is 29.8 Å². The smallest absolute Gasteiger partial charge is 0.119 e. The molecule has 0 saturated carbocycles. The third-order valence-corrected chi connectivity index (χ3v) is 4.02. The van der Waals surface area contributed by atoms with E-state index in [0.717, 1.165) is 24.4 Å². The minimum atomic E-state index is -0.465. The van der Waals surface area contributed by atoms with Crippen molar-refractivity contribution in [3.63, 3.8) is 0 Å². The Hall–Kier alpha value is -1.14. The zero-order chi connectivity index (χ0) is 15.2. The molecule has 0 bridgehead atoms. The van der Waals surface area contributed by atoms with Crippen LogP contribution in [0.3, 0.4) is 0 Å². The Morgan fingerprint density at radius 2 is 2.29 bits per heavy atom. The van der Waals surface area contributed by atoms with Gasteiger partial charge in [0.25, 0.3) is 0 Å². The van der Waals surface area contributed by atoms with Crippen molar-refractivity contribution < 1.29 is 9.84 Å². The van der Waals surface area contributed by atoms with Crippen LogP contribution in [0.25, 0.3) is 0 Å². The second kappa shape index (κ2) is 7.75. The summed E-state index contributed by atoms with van der Waals surface area (Å²) in [7, 11) is 4.22. The minimum absolute atomic E-state index is 0.317. The largest absolute Gasteiger partial charge is 0.491 e. The van der Waals surface area contributed by atoms with Crippen molar-refractivity contribution in [1.29, 1.82) is 0 Å². The first kappa shape index (κ1) is 16.2. The average Bonchev–Trinajstić information content (AvgIpc) is 2.94. The van der Waals surface area contributed by atoms with Gasteiger partial charge in [-0.15, -0.1) is 0 Å². The van der Waals surface area contributed by atoms with Crippen LogP contribution in [0, 0.1) is 0 Å². The molecule has 0 aromatic heterocycles. The Balaban J connectivity index is 1.73. The molecule has 1 heterocycles. The highest BCUT2D eigenvalue weighted by molar-refractivity contribution is 5.28. The number of β-amino-alcohol motifs (C(OH)–C–C–N with tert-alkyl or cyclic N) is 1. The van der Waals surface area contributed by atoms with E-state index in [4.69, 9.17) is 10.5 Å². The molecule has 0 amide bonds. The number of hydrogen-bond donors (Lipinski definition) is 2. The Bertz CT molecular complexity index is 439. The van der Waals surface area contributed by atoms with E-state index in [9.17, 15) is 5.11 Å². The first-order chi connectivity index (χ1) is 10.1. The molecule has 0 spiro atoms. The van der Waals surface area contributed by atoms with Crippen molar-refractivity contribution >= 4 is 0 Å². The van der Waals surface area contributed by atoms with Crippen LogP contribution >= 0.6 is 0 Å². The molecular weight excluding hydrogens is 266 g/mol. The molecule has 1 aromatic carbocycles. The highest BCUT2D eigenvalue weighted by atomic mass is 16.5. The number of benzene rings is 1. The fourth-order valence-electron chi connectivity index (χ4n) is 2.70. The molecule has 21 heavy (non-hydrogen) atoms. The lowest BCUT2D eigenvalue weighted by Gasteiger charge is -2.22. The Labute approximate surface area is 127 Å². The summed E-state index contributed by atoms with van der Waals surface area (Å²) in [4.78, 5) is 4.55. The number of aliphatic hydroxyl groups is 1. The predicted octanol–water partition coefficient (Wildman–Crippen LogP) is 0.521. The highest BCUT2D eigenvalue weighted by Crippen LogP contribution is 2.15. The van der Waals surface area contributed by atoms with Gasteiger partial charge in [0.1, 0.15) is 18.5 Å². The van der Waals surface area contributed by atoms with Gasteiger partial charge in [0, 0.05) is 25.7 Å². The van der Waals surface area contributed by atoms with E-state index < -0.39 is 6.10 Å². The van der Waals surface area contributed by atoms with E-state index in [2.05, 4.69) is 23.9 Å². The van der Waals surface area contributed by atoms with Gasteiger partial charge in [0.05, 0.1) is 0 Å². The quantitative estimate of drug-likeness (QED) is 0.767. The van der Waals surface area contributed by atoms with Crippen molar-refractivity contribution in [3.8, 4) is 5.75 Å². The molecule has 1 saturated heterocycles. The lowest BCUT2D eigenvalue weighted by molar-refractivity contribution is 0.0738. The number of rotatable bonds is 7. The van der Waals surface area contributed by atoms with Gasteiger partial charge in [-0.05, 0) is 44.8 Å². The number of ether oxygens (including phenoxy) is 1. The van der Waals surface area contributed by atoms with Crippen molar-refractivity contribution in [2.45, 2.75) is 25.1 Å². The molecule has 3 N–H and O–H groups in total. The minimum Gasteiger partial charge on any atom is -0.491 e. The summed E-state index contributed by atoms with van der Waals surface area (Å²) in [5.41, 5.74) is 6.64. The standard InChI is InChI=1S/C16H27N3O2/c1-18(2)14-6-7-19(10-14)11-15(20)12-21-16-5-3-4-13(8-16)9-17/h3-5,8,14-15,20H,6-7,9-12,17H2,1-2H3. The van der Waals surface area contributed by atoms with Crippen LogP contribution in [0.5, 0.6) is 5.75 Å². The number of nitrogens with zero attached hydrogens (tertiary/aromatic N) is 2. The normalized spacial score (nSPS) is 20.9. The molecule has 5 heteroatoms. The van der Waals surface area contributed by atoms with Gasteiger partial charge in [-0.3, -0.25) is 4.90 Å². The van der Waals surface area contributed by atoms with E-state index in [-0.39, 0.29) is 0 Å². The van der Waals surface area contributed by atoms with Crippen LogP contribution in [0.1, 0.15) is 12.0 Å². The fraction of sp³-hybridized carbons (Fsp3) is 0.625. The SMILES string of the molecule is CN(C)C1CCN(CC(O)COc2cccc(CN)c2)C1. The lowest BCUT2D eigenvalue weighted by atomic mass is 10.2. The predicted molar refractivity (Wildman–Crippen MR) is 84.4 cm³/mol. The first-order valence-electron chi connectivity index (χ1n) is 7.57. The maximum atomic E-state index is 10.1. The van der Waals surface area contributed by atoms with E-state index in [1.807, 2.05) is 24.3 Å². The summed E-state index contributed by atoms with van der Waals surface area (Å²) in [5, 5.41) is 10.1. The summed E-state index contributed by atoms with van der Waals surface area (Å²) in [5.74, 6) is 0.768. The van der Waals surface area contributed by atoms with Crippen LogP contribution in [0.15, 0.2) is 24.3 Å². The molecule has 1 aliphatic heterocycles. The number of hydrogen-bond acceptors (Lipinski definition) is 5. The molecule has 5 nitrogen and oxygen atoms in total. The zero-order valence-electron chi connectivity index (χ0n) is 13.0. The van der Waals surface area contributed by atoms with Gasteiger partial charge in [-0.2, -0.15) is 0 Å². The highest BCUT2D eigenvalue weighted by Gasteiger charge is 2.25. The Kier molecular flexibility index (Phi) is 5.99. The zero-order valence-corrected chi connectivity index (χ0v) is 13.0. The molecule has 118 valence electrons. The molecule has 0 aliphatic carbocycles. The van der Waals surface area contributed by atoms with E-state index in [0.29, 0.717) is 25.7 Å². The van der Waals surface area contributed by atoms with E-state index >= 15 is 0 Å². The first-order valence-corrected chi connectivity index (χ1v) is 7.57. The molecule has 2 rings (SSSR count). The van der Waals surface area contributed by atoms with E-state index in [1.165, 1.54) is 6.42 Å². The van der Waals surface area contributed by atoms with Crippen LogP contribution < -0.4 is 10.5 Å². The lowest BCUT2D eigenvalue weighted by Crippen LogP contribution is -2.37. The summed E-state index contributed by atoms with van der Waals surface area (Å²) >= 11 is 0. The van der Waals surface area contributed by atoms with Gasteiger partial charge in [0.2, 0.25) is 0 Å². The molecule has 2 atom stereocenters. The summed E-state index contributed by atoms with van der Waals surface area (Å²) in [6.07, 6.45) is 0.700. The van der Waals surface area contributed by atoms with Gasteiger partial charge >= 0.3 is 0 Å². The van der Waals surface area contributed by atoms with Crippen molar-refractivity contribution in [1.82, 2.24) is 9.80 Å². The number of likely N-dealkylation sites (N-methyl/N-ethyl adjacent to an activating group) is 1. The number of nitrogens with two attached hydrogens (primary N) is 1. The van der Waals surface area contributed by atoms with Gasteiger partial charge < -0.3 is 20.5 Å². The Morgan fingerprint density at radius 1 is 1.48 bits per heavy atom. The van der Waals surface area contributed by atoms with Crippen LogP contribution in [0.4, 0.5) is 0 Å². The summed E-state index contributed by atoms with van der Waals surface area (Å²) in [6, 6.07) is 8.30. The summed E-state index contributed by atoms with van der Waals surface area (Å²) < 4.78 is 5.65. The third kappa shape index (κ3) is 4.97. The van der Waals surface area contributed by atoms with Gasteiger partial charge in [-0.25, -0.2) is 0 Å². The van der Waals surface area contributed by atoms with Crippen molar-refractivity contribution in [2.24, 2.45) is 5.73 Å². The van der Waals surface area contributed by atoms with E-state index in [1.54, 1.807) is 0 Å². The topological polar surface area (TPSA) is 62.0 Å². The van der Waals surface area contributed by atoms with Crippen LogP contribution in [-0.4, -0.2) is 67.4 Å². The van der Waals surface area contributed by atoms with Gasteiger partial charge in [-0.1, -0.05) is 12.1 Å². The molecule has 1 fully saturated rings. The van der Waals surface area contributed by atoms with Crippen LogP contribution in [-0.2, 0) is 6.54 Å². The van der Waals surface area contributed by atoms with Crippen molar-refractivity contribution in [2.75, 3.05) is 40.3 Å². The molecule has 1 aliphatic rings. The Morgan fingerprint density at radius 3 is 2.95 bits per heavy atom. The maximum absolute atomic E-state index is 10.1. The number of likely N-dealkylation sites (tertiary alicyclic amines) is 1. The monoisotopic (exact) mass is 293 g/mol. The number of aliphatic hydroxyl groups excluding tert-OH is 1. The summed E-state index contributed by atoms with van der Waals surface area (Å²) in [6.45, 7) is 3.55. The fourth-order valence-corrected chi connectivity index (χ4v) is 2.70. The molecule has 0 radical (unpaired) electrons. The average molecular weight is 293 g/mol. The maximum Gasteiger partial charge on any atom is 0.119 e. The second-order valence-corrected chi connectivity index (χ2v) is 5.98. The third-order valence-electron chi connectivity index (χ3n) is 4.02. The molecule has 2 unspecified atom stereocenters. The van der Waals surface area contributed by atoms with Gasteiger partial charge in [0.15, 0.2) is 0 Å². The van der Waals surface area contributed by atoms with Crippen LogP contribution in [0.2, 0.25) is 0 Å². The molecular formula is C16H27N3O2. The molecule has 1 aromatic rings. The second-order valence-electron chi connectivity index (χ2n) is 5.98.